The third-order valence-electron chi connectivity index (χ3n) is 3.13. The van der Waals surface area contributed by atoms with E-state index in [-0.39, 0.29) is 5.91 Å². The van der Waals surface area contributed by atoms with Crippen molar-refractivity contribution in [3.63, 3.8) is 0 Å². The van der Waals surface area contributed by atoms with Crippen molar-refractivity contribution >= 4 is 11.7 Å². The smallest absolute Gasteiger partial charge is 0.271 e. The number of hydrogen-bond acceptors (Lipinski definition) is 4. The molecule has 18 heavy (non-hydrogen) atoms. The van der Waals surface area contributed by atoms with E-state index in [0.717, 1.165) is 0 Å². The molecule has 0 aromatic carbocycles. The highest BCUT2D eigenvalue weighted by molar-refractivity contribution is 5.92. The highest BCUT2D eigenvalue weighted by Crippen LogP contribution is 2.19. The van der Waals surface area contributed by atoms with Crippen molar-refractivity contribution in [3.8, 4) is 0 Å². The van der Waals surface area contributed by atoms with Crippen LogP contribution in [0.25, 0.3) is 0 Å². The molecule has 1 rings (SSSR count). The fourth-order valence-electron chi connectivity index (χ4n) is 2.01. The van der Waals surface area contributed by atoms with Gasteiger partial charge < -0.3 is 11.1 Å². The number of carbonyl (C=O) groups excluding carboxylic acids is 1. The van der Waals surface area contributed by atoms with Gasteiger partial charge in [-0.25, -0.2) is 0 Å². The number of carbonyl (C=O) groups is 1. The zero-order valence-electron chi connectivity index (χ0n) is 11.5. The minimum atomic E-state index is -0.200. The summed E-state index contributed by atoms with van der Waals surface area (Å²) in [4.78, 5) is 11.9. The number of nitrogens with one attached hydrogen (secondary N) is 1. The molecule has 0 aliphatic carbocycles. The van der Waals surface area contributed by atoms with Crippen molar-refractivity contribution in [3.05, 3.63) is 17.8 Å². The lowest BCUT2D eigenvalue weighted by Gasteiger charge is -2.24. The lowest BCUT2D eigenvalue weighted by molar-refractivity contribution is 0.0931. The standard InChI is InChI=1S/C13H22N4O/c1-8(2)10(9(3)4)7-15-13(18)11-5-6-12(14)17-16-11/h5-6,8-10H,7H2,1-4H3,(H2,14,17)(H,15,18). The van der Waals surface area contributed by atoms with Crippen molar-refractivity contribution in [1.82, 2.24) is 15.5 Å². The van der Waals surface area contributed by atoms with E-state index in [1.807, 2.05) is 0 Å². The van der Waals surface area contributed by atoms with Crippen molar-refractivity contribution < 1.29 is 4.79 Å². The van der Waals surface area contributed by atoms with Gasteiger partial charge in [0.15, 0.2) is 5.69 Å². The molecule has 0 spiro atoms. The quantitative estimate of drug-likeness (QED) is 0.833. The molecule has 0 radical (unpaired) electrons. The van der Waals surface area contributed by atoms with E-state index in [1.54, 1.807) is 12.1 Å². The number of hydrogen-bond donors (Lipinski definition) is 2. The number of nitrogens with zero attached hydrogens (tertiary/aromatic N) is 2. The van der Waals surface area contributed by atoms with E-state index in [2.05, 4.69) is 43.2 Å². The molecule has 0 aliphatic heterocycles. The number of anilines is 1. The predicted octanol–water partition coefficient (Wildman–Crippen LogP) is 1.72. The Morgan fingerprint density at radius 3 is 2.28 bits per heavy atom. The maximum atomic E-state index is 11.9. The molecular weight excluding hydrogens is 228 g/mol. The SMILES string of the molecule is CC(C)C(CNC(=O)c1ccc(N)nn1)C(C)C. The molecule has 1 heterocycles. The van der Waals surface area contributed by atoms with Gasteiger partial charge in [0.2, 0.25) is 0 Å². The van der Waals surface area contributed by atoms with Crippen LogP contribution in [0, 0.1) is 17.8 Å². The summed E-state index contributed by atoms with van der Waals surface area (Å²) in [5.41, 5.74) is 5.72. The monoisotopic (exact) mass is 250 g/mol. The van der Waals surface area contributed by atoms with Crippen LogP contribution in [-0.4, -0.2) is 22.6 Å². The Morgan fingerprint density at radius 2 is 1.83 bits per heavy atom. The summed E-state index contributed by atoms with van der Waals surface area (Å²) >= 11 is 0. The van der Waals surface area contributed by atoms with Crippen LogP contribution in [0.5, 0.6) is 0 Å². The molecule has 0 fully saturated rings. The summed E-state index contributed by atoms with van der Waals surface area (Å²) in [6, 6.07) is 3.15. The van der Waals surface area contributed by atoms with E-state index in [9.17, 15) is 4.79 Å². The predicted molar refractivity (Wildman–Crippen MR) is 71.9 cm³/mol. The lowest BCUT2D eigenvalue weighted by Crippen LogP contribution is -2.34. The molecule has 5 heteroatoms. The highest BCUT2D eigenvalue weighted by atomic mass is 16.1. The number of amides is 1. The average molecular weight is 250 g/mol. The second-order valence-corrected chi connectivity index (χ2v) is 5.21. The van der Waals surface area contributed by atoms with Crippen LogP contribution < -0.4 is 11.1 Å². The zero-order chi connectivity index (χ0) is 13.7. The maximum Gasteiger partial charge on any atom is 0.271 e. The maximum absolute atomic E-state index is 11.9. The Kier molecular flexibility index (Phi) is 5.07. The van der Waals surface area contributed by atoms with E-state index < -0.39 is 0 Å². The average Bonchev–Trinajstić information content (AvgIpc) is 2.28. The van der Waals surface area contributed by atoms with Crippen molar-refractivity contribution in [2.45, 2.75) is 27.7 Å². The van der Waals surface area contributed by atoms with Crippen LogP contribution >= 0.6 is 0 Å². The summed E-state index contributed by atoms with van der Waals surface area (Å²) in [6.07, 6.45) is 0. The molecule has 0 aliphatic rings. The van der Waals surface area contributed by atoms with Gasteiger partial charge in [-0.1, -0.05) is 27.7 Å². The van der Waals surface area contributed by atoms with Crippen molar-refractivity contribution in [2.24, 2.45) is 17.8 Å². The first-order chi connectivity index (χ1) is 8.41. The normalized spacial score (nSPS) is 11.3. The number of nitrogen functional groups attached to an aromatic ring is 1. The zero-order valence-corrected chi connectivity index (χ0v) is 11.5. The van der Waals surface area contributed by atoms with Gasteiger partial charge in [-0.3, -0.25) is 4.79 Å². The first-order valence-electron chi connectivity index (χ1n) is 6.29. The van der Waals surface area contributed by atoms with Crippen molar-refractivity contribution in [1.29, 1.82) is 0 Å². The summed E-state index contributed by atoms with van der Waals surface area (Å²) in [6.45, 7) is 9.32. The van der Waals surface area contributed by atoms with Gasteiger partial charge >= 0.3 is 0 Å². The molecule has 5 nitrogen and oxygen atoms in total. The minimum absolute atomic E-state index is 0.200. The van der Waals surface area contributed by atoms with E-state index in [4.69, 9.17) is 5.73 Å². The summed E-state index contributed by atoms with van der Waals surface area (Å²) in [7, 11) is 0. The Bertz CT molecular complexity index is 378. The first kappa shape index (κ1) is 14.4. The van der Waals surface area contributed by atoms with Gasteiger partial charge in [-0.2, -0.15) is 0 Å². The van der Waals surface area contributed by atoms with E-state index in [1.165, 1.54) is 0 Å². The van der Waals surface area contributed by atoms with Gasteiger partial charge in [0, 0.05) is 6.54 Å². The van der Waals surface area contributed by atoms with Crippen LogP contribution in [0.3, 0.4) is 0 Å². The van der Waals surface area contributed by atoms with Gasteiger partial charge in [0.25, 0.3) is 5.91 Å². The Balaban J connectivity index is 2.57. The Labute approximate surface area is 108 Å². The highest BCUT2D eigenvalue weighted by Gasteiger charge is 2.18. The fourth-order valence-corrected chi connectivity index (χ4v) is 2.01. The third-order valence-corrected chi connectivity index (χ3v) is 3.13. The van der Waals surface area contributed by atoms with Crippen LogP contribution in [-0.2, 0) is 0 Å². The number of aromatic nitrogens is 2. The summed E-state index contributed by atoms with van der Waals surface area (Å²) < 4.78 is 0. The van der Waals surface area contributed by atoms with Gasteiger partial charge in [0.1, 0.15) is 5.82 Å². The molecule has 0 saturated heterocycles. The van der Waals surface area contributed by atoms with Crippen LogP contribution in [0.2, 0.25) is 0 Å². The van der Waals surface area contributed by atoms with Crippen LogP contribution in [0.4, 0.5) is 5.82 Å². The molecule has 0 atom stereocenters. The molecule has 0 bridgehead atoms. The largest absolute Gasteiger partial charge is 0.382 e. The second-order valence-electron chi connectivity index (χ2n) is 5.21. The molecule has 1 amide bonds. The van der Waals surface area contributed by atoms with E-state index in [0.29, 0.717) is 35.8 Å². The molecule has 1 aromatic heterocycles. The molecular formula is C13H22N4O. The lowest BCUT2D eigenvalue weighted by atomic mass is 9.85. The first-order valence-corrected chi connectivity index (χ1v) is 6.29. The third kappa shape index (κ3) is 3.98. The van der Waals surface area contributed by atoms with E-state index >= 15 is 0 Å². The van der Waals surface area contributed by atoms with Gasteiger partial charge in [-0.05, 0) is 29.9 Å². The Hall–Kier alpha value is -1.65. The topological polar surface area (TPSA) is 80.9 Å². The minimum Gasteiger partial charge on any atom is -0.382 e. The van der Waals surface area contributed by atoms with Crippen LogP contribution in [0.15, 0.2) is 12.1 Å². The Morgan fingerprint density at radius 1 is 1.22 bits per heavy atom. The van der Waals surface area contributed by atoms with Gasteiger partial charge in [0.05, 0.1) is 0 Å². The second kappa shape index (κ2) is 6.33. The number of nitrogens with two attached hydrogens (primary N) is 1. The number of rotatable bonds is 5. The summed E-state index contributed by atoms with van der Waals surface area (Å²) in [5.74, 6) is 1.63. The molecule has 1 aromatic rings. The molecule has 0 saturated carbocycles. The van der Waals surface area contributed by atoms with Crippen LogP contribution in [0.1, 0.15) is 38.2 Å². The molecule has 3 N–H and O–H groups in total. The fraction of sp³-hybridized carbons (Fsp3) is 0.615. The van der Waals surface area contributed by atoms with Gasteiger partial charge in [-0.15, -0.1) is 10.2 Å². The molecule has 100 valence electrons. The summed E-state index contributed by atoms with van der Waals surface area (Å²) in [5, 5.41) is 10.3. The van der Waals surface area contributed by atoms with Crippen molar-refractivity contribution in [2.75, 3.05) is 12.3 Å². The molecule has 0 unspecified atom stereocenters.